The summed E-state index contributed by atoms with van der Waals surface area (Å²) in [5, 5.41) is 19.1. The minimum absolute atomic E-state index is 0.110. The van der Waals surface area contributed by atoms with Crippen LogP contribution >= 0.6 is 0 Å². The van der Waals surface area contributed by atoms with Crippen LogP contribution in [0.5, 0.6) is 0 Å². The molecular formula is C23H34O8. The average Bonchev–Trinajstić information content (AvgIpc) is 3.35. The minimum Gasteiger partial charge on any atom is -0.462 e. The van der Waals surface area contributed by atoms with Gasteiger partial charge in [-0.05, 0) is 34.1 Å². The maximum absolute atomic E-state index is 12.0. The van der Waals surface area contributed by atoms with Gasteiger partial charge in [-0.15, -0.1) is 0 Å². The lowest BCUT2D eigenvalue weighted by molar-refractivity contribution is -0.226. The van der Waals surface area contributed by atoms with Gasteiger partial charge < -0.3 is 29.2 Å². The van der Waals surface area contributed by atoms with E-state index < -0.39 is 41.3 Å². The molecular weight excluding hydrogens is 404 g/mol. The first kappa shape index (κ1) is 23.9. The molecule has 0 unspecified atom stereocenters. The third kappa shape index (κ3) is 5.03. The van der Waals surface area contributed by atoms with Gasteiger partial charge in [0, 0.05) is 19.3 Å². The van der Waals surface area contributed by atoms with Gasteiger partial charge in [0.25, 0.3) is 0 Å². The molecule has 3 rings (SSSR count). The number of esters is 2. The van der Waals surface area contributed by atoms with E-state index in [0.717, 1.165) is 6.42 Å². The summed E-state index contributed by atoms with van der Waals surface area (Å²) in [6, 6.07) is 0. The summed E-state index contributed by atoms with van der Waals surface area (Å²) in [5.41, 5.74) is -1.04. The Morgan fingerprint density at radius 2 is 2.03 bits per heavy atom. The molecule has 3 saturated heterocycles. The predicted molar refractivity (Wildman–Crippen MR) is 111 cm³/mol. The fraction of sp³-hybridized carbons (Fsp3) is 0.739. The van der Waals surface area contributed by atoms with Crippen molar-refractivity contribution in [2.45, 2.75) is 89.7 Å². The highest BCUT2D eigenvalue weighted by Crippen LogP contribution is 2.51. The first-order valence-electron chi connectivity index (χ1n) is 11.0. The molecule has 8 heteroatoms. The second-order valence-corrected chi connectivity index (χ2v) is 9.19. The van der Waals surface area contributed by atoms with Gasteiger partial charge in [0.05, 0.1) is 24.7 Å². The number of carbonyl (C=O) groups is 2. The van der Waals surface area contributed by atoms with Crippen LogP contribution in [-0.2, 0) is 28.5 Å². The first-order valence-corrected chi connectivity index (χ1v) is 11.0. The number of carbonyl (C=O) groups excluding carboxylic acids is 2. The Morgan fingerprint density at radius 3 is 2.71 bits per heavy atom. The molecule has 0 aromatic heterocycles. The zero-order valence-electron chi connectivity index (χ0n) is 18.7. The summed E-state index contributed by atoms with van der Waals surface area (Å²) in [6.07, 6.45) is 8.17. The van der Waals surface area contributed by atoms with Gasteiger partial charge in [-0.2, -0.15) is 0 Å². The molecule has 8 atom stereocenters. The third-order valence-electron chi connectivity index (χ3n) is 6.50. The number of ether oxygens (including phenoxy) is 4. The molecule has 1 spiro atoms. The second-order valence-electron chi connectivity index (χ2n) is 9.19. The molecule has 0 aromatic carbocycles. The van der Waals surface area contributed by atoms with E-state index in [1.165, 1.54) is 0 Å². The summed E-state index contributed by atoms with van der Waals surface area (Å²) in [7, 11) is 0. The van der Waals surface area contributed by atoms with Crippen LogP contribution in [0.15, 0.2) is 24.3 Å². The van der Waals surface area contributed by atoms with Crippen LogP contribution in [0.25, 0.3) is 0 Å². The highest BCUT2D eigenvalue weighted by Gasteiger charge is 2.64. The van der Waals surface area contributed by atoms with Crippen LogP contribution in [0, 0.1) is 11.3 Å². The summed E-state index contributed by atoms with van der Waals surface area (Å²) in [5.74, 6) is -2.14. The van der Waals surface area contributed by atoms with Crippen molar-refractivity contribution in [1.29, 1.82) is 0 Å². The number of aliphatic hydroxyl groups is 2. The molecule has 174 valence electrons. The van der Waals surface area contributed by atoms with Crippen LogP contribution in [-0.4, -0.2) is 65.1 Å². The molecule has 0 aliphatic carbocycles. The highest BCUT2D eigenvalue weighted by atomic mass is 16.7. The van der Waals surface area contributed by atoms with E-state index in [2.05, 4.69) is 0 Å². The van der Waals surface area contributed by atoms with Gasteiger partial charge in [0.2, 0.25) is 0 Å². The van der Waals surface area contributed by atoms with Crippen molar-refractivity contribution in [3.63, 3.8) is 0 Å². The molecule has 0 bridgehead atoms. The number of aliphatic hydroxyl groups excluding tert-OH is 2. The summed E-state index contributed by atoms with van der Waals surface area (Å²) < 4.78 is 23.0. The van der Waals surface area contributed by atoms with Crippen LogP contribution in [0.3, 0.4) is 0 Å². The average molecular weight is 439 g/mol. The van der Waals surface area contributed by atoms with Gasteiger partial charge in [-0.3, -0.25) is 9.59 Å². The Bertz CT molecular complexity index is 731. The van der Waals surface area contributed by atoms with E-state index in [0.29, 0.717) is 19.3 Å². The Morgan fingerprint density at radius 1 is 1.29 bits per heavy atom. The number of hydrogen-bond donors (Lipinski definition) is 2. The van der Waals surface area contributed by atoms with E-state index in [4.69, 9.17) is 18.9 Å². The van der Waals surface area contributed by atoms with Crippen LogP contribution in [0.2, 0.25) is 0 Å². The van der Waals surface area contributed by atoms with E-state index in [1.54, 1.807) is 20.8 Å². The second kappa shape index (κ2) is 9.40. The monoisotopic (exact) mass is 438 g/mol. The quantitative estimate of drug-likeness (QED) is 0.437. The zero-order valence-corrected chi connectivity index (χ0v) is 18.7. The largest absolute Gasteiger partial charge is 0.462 e. The Hall–Kier alpha value is -1.74. The van der Waals surface area contributed by atoms with E-state index in [-0.39, 0.29) is 24.9 Å². The molecule has 3 aliphatic rings. The van der Waals surface area contributed by atoms with Crippen molar-refractivity contribution in [3.8, 4) is 0 Å². The van der Waals surface area contributed by atoms with Gasteiger partial charge in [-0.1, -0.05) is 24.3 Å². The Kier molecular flexibility index (Phi) is 7.25. The number of rotatable bonds is 8. The SMILES string of the molecule is C[C@H](O)[C@@H](C)C(=O)O[C@@H](C)C/C=C\C=C\[C@@H]1CC[C@]2(C[C@H]3OC(=O)[C@](C)(CO)[C@H]3O2)O1. The standard InChI is InChI=1S/C23H34O8/c1-14(28-20(26)15(2)16(3)25)8-6-5-7-9-17-10-11-23(30-17)12-18-19(31-23)22(4,13-24)21(27)29-18/h5-7,9,14-19,24-25H,8,10-13H2,1-4H3/b6-5-,9-7+/t14-,15+,16-,17+,18+,19-,22+,23-/m0/s1. The molecule has 0 saturated carbocycles. The Labute approximate surface area is 183 Å². The molecule has 3 fully saturated rings. The molecule has 2 N–H and O–H groups in total. The molecule has 0 aromatic rings. The van der Waals surface area contributed by atoms with E-state index in [9.17, 15) is 19.8 Å². The number of fused-ring (bicyclic) bond motifs is 1. The fourth-order valence-corrected chi connectivity index (χ4v) is 4.17. The molecule has 0 amide bonds. The number of allylic oxidation sites excluding steroid dienone is 2. The van der Waals surface area contributed by atoms with Crippen molar-refractivity contribution < 1.29 is 38.7 Å². The van der Waals surface area contributed by atoms with Crippen molar-refractivity contribution in [3.05, 3.63) is 24.3 Å². The van der Waals surface area contributed by atoms with Gasteiger partial charge in [0.1, 0.15) is 23.7 Å². The molecule has 3 aliphatic heterocycles. The smallest absolute Gasteiger partial charge is 0.317 e. The van der Waals surface area contributed by atoms with Gasteiger partial charge in [-0.25, -0.2) is 0 Å². The molecule has 3 heterocycles. The normalized spacial score (nSPS) is 38.0. The van der Waals surface area contributed by atoms with Crippen molar-refractivity contribution in [2.75, 3.05) is 6.61 Å². The maximum Gasteiger partial charge on any atom is 0.317 e. The third-order valence-corrected chi connectivity index (χ3v) is 6.50. The maximum atomic E-state index is 12.0. The van der Waals surface area contributed by atoms with Crippen LogP contribution in [0.1, 0.15) is 53.4 Å². The van der Waals surface area contributed by atoms with E-state index in [1.807, 2.05) is 31.2 Å². The highest BCUT2D eigenvalue weighted by molar-refractivity contribution is 5.80. The van der Waals surface area contributed by atoms with Crippen molar-refractivity contribution in [1.82, 2.24) is 0 Å². The van der Waals surface area contributed by atoms with Crippen LogP contribution in [0.4, 0.5) is 0 Å². The predicted octanol–water partition coefficient (Wildman–Crippen LogP) is 2.03. The lowest BCUT2D eigenvalue weighted by atomic mass is 9.85. The summed E-state index contributed by atoms with van der Waals surface area (Å²) >= 11 is 0. The summed E-state index contributed by atoms with van der Waals surface area (Å²) in [4.78, 5) is 23.9. The fourth-order valence-electron chi connectivity index (χ4n) is 4.17. The van der Waals surface area contributed by atoms with Crippen LogP contribution < -0.4 is 0 Å². The van der Waals surface area contributed by atoms with Crippen molar-refractivity contribution >= 4 is 11.9 Å². The molecule has 31 heavy (non-hydrogen) atoms. The topological polar surface area (TPSA) is 112 Å². The van der Waals surface area contributed by atoms with Crippen molar-refractivity contribution in [2.24, 2.45) is 11.3 Å². The number of hydrogen-bond acceptors (Lipinski definition) is 8. The van der Waals surface area contributed by atoms with Gasteiger partial charge >= 0.3 is 11.9 Å². The van der Waals surface area contributed by atoms with E-state index >= 15 is 0 Å². The first-order chi connectivity index (χ1) is 14.6. The minimum atomic E-state index is -1.04. The summed E-state index contributed by atoms with van der Waals surface area (Å²) in [6.45, 7) is 6.37. The molecule has 8 nitrogen and oxygen atoms in total. The Balaban J connectivity index is 1.44. The zero-order chi connectivity index (χ0) is 22.8. The molecule has 0 radical (unpaired) electrons. The lowest BCUT2D eigenvalue weighted by Gasteiger charge is -2.29. The lowest BCUT2D eigenvalue weighted by Crippen LogP contribution is -2.41. The van der Waals surface area contributed by atoms with Gasteiger partial charge in [0.15, 0.2) is 5.79 Å².